The van der Waals surface area contributed by atoms with E-state index in [4.69, 9.17) is 10.9 Å². The van der Waals surface area contributed by atoms with Crippen LogP contribution >= 0.6 is 0 Å². The summed E-state index contributed by atoms with van der Waals surface area (Å²) >= 11 is 0. The summed E-state index contributed by atoms with van der Waals surface area (Å²) in [5.74, 6) is 1.13. The van der Waals surface area contributed by atoms with Crippen LogP contribution in [-0.4, -0.2) is 35.1 Å². The lowest BCUT2D eigenvalue weighted by Crippen LogP contribution is -2.35. The lowest BCUT2D eigenvalue weighted by Gasteiger charge is -2.29. The zero-order chi connectivity index (χ0) is 14.1. The van der Waals surface area contributed by atoms with Crippen molar-refractivity contribution in [1.82, 2.24) is 4.90 Å². The van der Waals surface area contributed by atoms with Gasteiger partial charge < -0.3 is 15.8 Å². The van der Waals surface area contributed by atoms with Crippen molar-refractivity contribution in [2.75, 3.05) is 13.1 Å². The Kier molecular flexibility index (Phi) is 7.87. The SMILES string of the molecule is CC(C)CCN(CCCCC(N)=NO)C1CCCC1. The lowest BCUT2D eigenvalue weighted by molar-refractivity contribution is 0.185. The number of unbranched alkanes of at least 4 members (excludes halogenated alkanes) is 1. The summed E-state index contributed by atoms with van der Waals surface area (Å²) in [5.41, 5.74) is 5.50. The summed E-state index contributed by atoms with van der Waals surface area (Å²) in [5, 5.41) is 11.5. The Morgan fingerprint density at radius 3 is 2.53 bits per heavy atom. The second-order valence-corrected chi connectivity index (χ2v) is 6.21. The Bertz CT molecular complexity index is 260. The molecule has 0 atom stereocenters. The minimum atomic E-state index is 0.356. The summed E-state index contributed by atoms with van der Waals surface area (Å²) in [6.07, 6.45) is 9.69. The summed E-state index contributed by atoms with van der Waals surface area (Å²) in [7, 11) is 0. The molecular weight excluding hydrogens is 238 g/mol. The average Bonchev–Trinajstić information content (AvgIpc) is 2.91. The van der Waals surface area contributed by atoms with Crippen molar-refractivity contribution >= 4 is 5.84 Å². The van der Waals surface area contributed by atoms with Crippen LogP contribution < -0.4 is 5.73 Å². The second kappa shape index (κ2) is 9.18. The molecule has 19 heavy (non-hydrogen) atoms. The first kappa shape index (κ1) is 16.3. The molecule has 0 saturated heterocycles. The maximum absolute atomic E-state index is 8.51. The minimum Gasteiger partial charge on any atom is -0.409 e. The first-order valence-electron chi connectivity index (χ1n) is 7.84. The van der Waals surface area contributed by atoms with Crippen molar-refractivity contribution in [3.05, 3.63) is 0 Å². The maximum atomic E-state index is 8.51. The lowest BCUT2D eigenvalue weighted by atomic mass is 10.1. The monoisotopic (exact) mass is 269 g/mol. The number of nitrogens with zero attached hydrogens (tertiary/aromatic N) is 2. The topological polar surface area (TPSA) is 61.8 Å². The van der Waals surface area contributed by atoms with E-state index in [9.17, 15) is 0 Å². The Morgan fingerprint density at radius 1 is 1.26 bits per heavy atom. The molecule has 4 heteroatoms. The van der Waals surface area contributed by atoms with E-state index in [1.165, 1.54) is 38.6 Å². The average molecular weight is 269 g/mol. The first-order valence-corrected chi connectivity index (χ1v) is 7.84. The van der Waals surface area contributed by atoms with E-state index in [-0.39, 0.29) is 0 Å². The number of nitrogens with two attached hydrogens (primary N) is 1. The smallest absolute Gasteiger partial charge is 0.139 e. The second-order valence-electron chi connectivity index (χ2n) is 6.21. The largest absolute Gasteiger partial charge is 0.409 e. The summed E-state index contributed by atoms with van der Waals surface area (Å²) < 4.78 is 0. The van der Waals surface area contributed by atoms with Gasteiger partial charge in [0.25, 0.3) is 0 Å². The van der Waals surface area contributed by atoms with Gasteiger partial charge in [0.05, 0.1) is 0 Å². The Morgan fingerprint density at radius 2 is 1.95 bits per heavy atom. The van der Waals surface area contributed by atoms with Crippen molar-refractivity contribution in [2.24, 2.45) is 16.8 Å². The van der Waals surface area contributed by atoms with Crippen molar-refractivity contribution in [1.29, 1.82) is 0 Å². The molecular formula is C15H31N3O. The van der Waals surface area contributed by atoms with Crippen LogP contribution in [0, 0.1) is 5.92 Å². The molecule has 1 saturated carbocycles. The third kappa shape index (κ3) is 6.81. The highest BCUT2D eigenvalue weighted by molar-refractivity contribution is 5.79. The Hall–Kier alpha value is -0.770. The maximum Gasteiger partial charge on any atom is 0.139 e. The third-order valence-electron chi connectivity index (χ3n) is 4.09. The molecule has 0 aromatic carbocycles. The molecule has 0 amide bonds. The molecule has 1 fully saturated rings. The zero-order valence-electron chi connectivity index (χ0n) is 12.6. The fourth-order valence-electron chi connectivity index (χ4n) is 2.84. The fourth-order valence-corrected chi connectivity index (χ4v) is 2.84. The molecule has 112 valence electrons. The van der Waals surface area contributed by atoms with Gasteiger partial charge in [-0.3, -0.25) is 0 Å². The molecule has 4 nitrogen and oxygen atoms in total. The Balaban J connectivity index is 2.27. The van der Waals surface area contributed by atoms with E-state index < -0.39 is 0 Å². The quantitative estimate of drug-likeness (QED) is 0.222. The van der Waals surface area contributed by atoms with E-state index in [2.05, 4.69) is 23.9 Å². The highest BCUT2D eigenvalue weighted by atomic mass is 16.4. The van der Waals surface area contributed by atoms with Crippen LogP contribution in [-0.2, 0) is 0 Å². The van der Waals surface area contributed by atoms with Crippen LogP contribution in [0.3, 0.4) is 0 Å². The van der Waals surface area contributed by atoms with Crippen LogP contribution in [0.2, 0.25) is 0 Å². The van der Waals surface area contributed by atoms with E-state index in [0.29, 0.717) is 12.3 Å². The van der Waals surface area contributed by atoms with E-state index >= 15 is 0 Å². The van der Waals surface area contributed by atoms with Gasteiger partial charge in [0, 0.05) is 12.5 Å². The van der Waals surface area contributed by atoms with Crippen molar-refractivity contribution in [3.63, 3.8) is 0 Å². The van der Waals surface area contributed by atoms with Gasteiger partial charge in [-0.05, 0) is 51.1 Å². The molecule has 0 spiro atoms. The van der Waals surface area contributed by atoms with E-state index in [0.717, 1.165) is 31.3 Å². The molecule has 0 heterocycles. The molecule has 0 radical (unpaired) electrons. The van der Waals surface area contributed by atoms with Gasteiger partial charge in [-0.25, -0.2) is 0 Å². The van der Waals surface area contributed by atoms with Crippen LogP contribution in [0.15, 0.2) is 5.16 Å². The number of hydrogen-bond donors (Lipinski definition) is 2. The zero-order valence-corrected chi connectivity index (χ0v) is 12.6. The van der Waals surface area contributed by atoms with Crippen molar-refractivity contribution < 1.29 is 5.21 Å². The predicted molar refractivity (Wildman–Crippen MR) is 80.5 cm³/mol. The highest BCUT2D eigenvalue weighted by Crippen LogP contribution is 2.24. The first-order chi connectivity index (χ1) is 9.13. The molecule has 0 unspecified atom stereocenters. The highest BCUT2D eigenvalue weighted by Gasteiger charge is 2.21. The molecule has 0 aliphatic heterocycles. The normalized spacial score (nSPS) is 17.8. The number of oxime groups is 1. The van der Waals surface area contributed by atoms with Crippen molar-refractivity contribution in [3.8, 4) is 0 Å². The van der Waals surface area contributed by atoms with Gasteiger partial charge >= 0.3 is 0 Å². The van der Waals surface area contributed by atoms with Gasteiger partial charge in [0.1, 0.15) is 5.84 Å². The van der Waals surface area contributed by atoms with Crippen LogP contribution in [0.1, 0.15) is 65.2 Å². The van der Waals surface area contributed by atoms with E-state index in [1.807, 2.05) is 0 Å². The van der Waals surface area contributed by atoms with Crippen LogP contribution in [0.25, 0.3) is 0 Å². The van der Waals surface area contributed by atoms with Crippen LogP contribution in [0.4, 0.5) is 0 Å². The van der Waals surface area contributed by atoms with Gasteiger partial charge in [-0.15, -0.1) is 0 Å². The Labute approximate surface area is 118 Å². The van der Waals surface area contributed by atoms with Crippen LogP contribution in [0.5, 0.6) is 0 Å². The number of amidine groups is 1. The molecule has 0 bridgehead atoms. The fraction of sp³-hybridized carbons (Fsp3) is 0.933. The number of rotatable bonds is 9. The standard InChI is InChI=1S/C15H31N3O/c1-13(2)10-12-18(14-7-3-4-8-14)11-6-5-9-15(16)17-19/h13-14,19H,3-12H2,1-2H3,(H2,16,17). The van der Waals surface area contributed by atoms with Crippen molar-refractivity contribution in [2.45, 2.75) is 71.3 Å². The summed E-state index contributed by atoms with van der Waals surface area (Å²) in [6, 6.07) is 0.808. The summed E-state index contributed by atoms with van der Waals surface area (Å²) in [6.45, 7) is 6.98. The van der Waals surface area contributed by atoms with E-state index in [1.54, 1.807) is 0 Å². The molecule has 1 aliphatic carbocycles. The minimum absolute atomic E-state index is 0.356. The number of hydrogen-bond acceptors (Lipinski definition) is 3. The molecule has 0 aromatic rings. The van der Waals surface area contributed by atoms with Gasteiger partial charge in [0.2, 0.25) is 0 Å². The van der Waals surface area contributed by atoms with Gasteiger partial charge in [-0.2, -0.15) is 0 Å². The molecule has 3 N–H and O–H groups in total. The predicted octanol–water partition coefficient (Wildman–Crippen LogP) is 3.19. The molecule has 1 aliphatic rings. The third-order valence-corrected chi connectivity index (χ3v) is 4.09. The summed E-state index contributed by atoms with van der Waals surface area (Å²) in [4.78, 5) is 2.68. The molecule has 1 rings (SSSR count). The molecule has 0 aromatic heterocycles. The van der Waals surface area contributed by atoms with Gasteiger partial charge in [0.15, 0.2) is 0 Å². The van der Waals surface area contributed by atoms with Gasteiger partial charge in [-0.1, -0.05) is 31.8 Å².